The fraction of sp³-hybridized carbons (Fsp3) is 0.591. The molecule has 0 saturated carbocycles. The highest BCUT2D eigenvalue weighted by Gasteiger charge is 2.32. The number of anilines is 1. The second kappa shape index (κ2) is 10.2. The number of amides is 1. The molecule has 2 aliphatic heterocycles. The number of methoxy groups -OCH3 is 1. The van der Waals surface area contributed by atoms with Crippen molar-refractivity contribution in [2.75, 3.05) is 44.7 Å². The number of likely N-dealkylation sites (tertiary alicyclic amines) is 1. The minimum absolute atomic E-state index is 0.119. The van der Waals surface area contributed by atoms with Crippen LogP contribution < -0.4 is 15.0 Å². The standard InChI is InChI=1S/C22H31N5O2S/c1-29-18-8-5-7-17(15-18)16-20-24-22(30-25-20)27-13-6-9-19(27)21(28)23-10-14-26-11-3-2-4-12-26/h5,7-8,15,19H,2-4,6,9-14,16H2,1H3,(H,23,28). The van der Waals surface area contributed by atoms with E-state index in [-0.39, 0.29) is 11.9 Å². The van der Waals surface area contributed by atoms with Crippen LogP contribution in [0.5, 0.6) is 5.75 Å². The third-order valence-electron chi connectivity index (χ3n) is 5.93. The van der Waals surface area contributed by atoms with Crippen molar-refractivity contribution in [3.8, 4) is 5.75 Å². The summed E-state index contributed by atoms with van der Waals surface area (Å²) in [6, 6.07) is 7.84. The van der Waals surface area contributed by atoms with E-state index in [2.05, 4.69) is 25.6 Å². The molecule has 30 heavy (non-hydrogen) atoms. The maximum absolute atomic E-state index is 12.8. The van der Waals surface area contributed by atoms with E-state index in [1.165, 1.54) is 30.8 Å². The van der Waals surface area contributed by atoms with Gasteiger partial charge < -0.3 is 19.9 Å². The Kier molecular flexibility index (Phi) is 7.17. The molecule has 3 heterocycles. The fourth-order valence-electron chi connectivity index (χ4n) is 4.30. The van der Waals surface area contributed by atoms with Crippen LogP contribution in [0.3, 0.4) is 0 Å². The molecule has 0 radical (unpaired) electrons. The lowest BCUT2D eigenvalue weighted by Gasteiger charge is -2.27. The van der Waals surface area contributed by atoms with E-state index in [4.69, 9.17) is 9.72 Å². The molecule has 1 atom stereocenters. The van der Waals surface area contributed by atoms with E-state index >= 15 is 0 Å². The van der Waals surface area contributed by atoms with Gasteiger partial charge in [-0.3, -0.25) is 4.79 Å². The van der Waals surface area contributed by atoms with Crippen molar-refractivity contribution in [3.05, 3.63) is 35.7 Å². The third kappa shape index (κ3) is 5.29. The van der Waals surface area contributed by atoms with E-state index in [0.717, 1.165) is 67.8 Å². The molecular formula is C22H31N5O2S. The summed E-state index contributed by atoms with van der Waals surface area (Å²) < 4.78 is 9.83. The molecule has 2 aliphatic rings. The molecule has 2 saturated heterocycles. The number of hydrogen-bond acceptors (Lipinski definition) is 7. The number of nitrogens with zero attached hydrogens (tertiary/aromatic N) is 4. The van der Waals surface area contributed by atoms with Gasteiger partial charge in [0.05, 0.1) is 7.11 Å². The zero-order valence-electron chi connectivity index (χ0n) is 17.7. The summed E-state index contributed by atoms with van der Waals surface area (Å²) in [5.41, 5.74) is 1.12. The Bertz CT molecular complexity index is 836. The number of aromatic nitrogens is 2. The minimum atomic E-state index is -0.135. The normalized spacial score (nSPS) is 19.8. The second-order valence-corrected chi connectivity index (χ2v) is 8.80. The number of ether oxygens (including phenoxy) is 1. The molecule has 1 aromatic heterocycles. The Hall–Kier alpha value is -2.19. The Labute approximate surface area is 182 Å². The minimum Gasteiger partial charge on any atom is -0.497 e. The molecule has 0 bridgehead atoms. The van der Waals surface area contributed by atoms with Crippen LogP contribution in [0.2, 0.25) is 0 Å². The number of benzene rings is 1. The Morgan fingerprint density at radius 1 is 1.23 bits per heavy atom. The zero-order valence-corrected chi connectivity index (χ0v) is 18.5. The van der Waals surface area contributed by atoms with Crippen molar-refractivity contribution in [2.45, 2.75) is 44.6 Å². The predicted molar refractivity (Wildman–Crippen MR) is 119 cm³/mol. The first-order valence-electron chi connectivity index (χ1n) is 10.9. The molecule has 1 unspecified atom stereocenters. The predicted octanol–water partition coefficient (Wildman–Crippen LogP) is 2.71. The van der Waals surface area contributed by atoms with Crippen LogP contribution in [-0.2, 0) is 11.2 Å². The highest BCUT2D eigenvalue weighted by Crippen LogP contribution is 2.28. The molecule has 7 nitrogen and oxygen atoms in total. The summed E-state index contributed by atoms with van der Waals surface area (Å²) in [6.07, 6.45) is 6.43. The number of rotatable bonds is 8. The van der Waals surface area contributed by atoms with Gasteiger partial charge in [-0.1, -0.05) is 18.6 Å². The van der Waals surface area contributed by atoms with Crippen LogP contribution in [0.4, 0.5) is 5.13 Å². The summed E-state index contributed by atoms with van der Waals surface area (Å²) in [7, 11) is 1.67. The summed E-state index contributed by atoms with van der Waals surface area (Å²) in [5.74, 6) is 1.75. The lowest BCUT2D eigenvalue weighted by atomic mass is 10.1. The molecule has 2 fully saturated rings. The van der Waals surface area contributed by atoms with Crippen molar-refractivity contribution < 1.29 is 9.53 Å². The summed E-state index contributed by atoms with van der Waals surface area (Å²) in [5, 5.41) is 4.00. The highest BCUT2D eigenvalue weighted by molar-refractivity contribution is 7.09. The van der Waals surface area contributed by atoms with Gasteiger partial charge in [-0.05, 0) is 56.5 Å². The zero-order chi connectivity index (χ0) is 20.8. The Balaban J connectivity index is 1.32. The maximum Gasteiger partial charge on any atom is 0.242 e. The van der Waals surface area contributed by atoms with Crippen LogP contribution in [0.25, 0.3) is 0 Å². The molecule has 8 heteroatoms. The first-order chi connectivity index (χ1) is 14.7. The first kappa shape index (κ1) is 21.1. The fourth-order valence-corrected chi connectivity index (χ4v) is 5.07. The van der Waals surface area contributed by atoms with E-state index < -0.39 is 0 Å². The van der Waals surface area contributed by atoms with Gasteiger partial charge in [0.25, 0.3) is 0 Å². The van der Waals surface area contributed by atoms with Crippen LogP contribution >= 0.6 is 11.5 Å². The number of nitrogens with one attached hydrogen (secondary N) is 1. The summed E-state index contributed by atoms with van der Waals surface area (Å²) in [6.45, 7) is 4.85. The quantitative estimate of drug-likeness (QED) is 0.696. The molecule has 0 aliphatic carbocycles. The van der Waals surface area contributed by atoms with Gasteiger partial charge in [0.1, 0.15) is 17.6 Å². The van der Waals surface area contributed by atoms with Gasteiger partial charge >= 0.3 is 0 Å². The Morgan fingerprint density at radius 2 is 2.10 bits per heavy atom. The van der Waals surface area contributed by atoms with Gasteiger partial charge in [-0.2, -0.15) is 4.37 Å². The number of hydrogen-bond donors (Lipinski definition) is 1. The number of carbonyl (C=O) groups excluding carboxylic acids is 1. The molecule has 2 aromatic rings. The van der Waals surface area contributed by atoms with Gasteiger partial charge in [0, 0.05) is 37.6 Å². The summed E-state index contributed by atoms with van der Waals surface area (Å²) in [4.78, 5) is 22.1. The van der Waals surface area contributed by atoms with Gasteiger partial charge in [-0.25, -0.2) is 4.98 Å². The van der Waals surface area contributed by atoms with Crippen LogP contribution in [0, 0.1) is 0 Å². The SMILES string of the molecule is COc1cccc(Cc2nsc(N3CCCC3C(=O)NCCN3CCCCC3)n2)c1. The molecule has 4 rings (SSSR count). The van der Waals surface area contributed by atoms with Gasteiger partial charge in [0.15, 0.2) is 0 Å². The molecule has 1 amide bonds. The van der Waals surface area contributed by atoms with Crippen molar-refractivity contribution in [3.63, 3.8) is 0 Å². The monoisotopic (exact) mass is 429 g/mol. The average molecular weight is 430 g/mol. The molecule has 1 N–H and O–H groups in total. The highest BCUT2D eigenvalue weighted by atomic mass is 32.1. The van der Waals surface area contributed by atoms with Gasteiger partial charge in [-0.15, -0.1) is 0 Å². The van der Waals surface area contributed by atoms with E-state index in [1.54, 1.807) is 7.11 Å². The maximum atomic E-state index is 12.8. The van der Waals surface area contributed by atoms with Crippen LogP contribution in [-0.4, -0.2) is 66.0 Å². The van der Waals surface area contributed by atoms with Crippen molar-refractivity contribution in [1.82, 2.24) is 19.6 Å². The average Bonchev–Trinajstić information content (AvgIpc) is 3.44. The number of piperidine rings is 1. The largest absolute Gasteiger partial charge is 0.497 e. The van der Waals surface area contributed by atoms with E-state index in [0.29, 0.717) is 6.42 Å². The van der Waals surface area contributed by atoms with E-state index in [9.17, 15) is 4.79 Å². The Morgan fingerprint density at radius 3 is 2.93 bits per heavy atom. The summed E-state index contributed by atoms with van der Waals surface area (Å²) >= 11 is 1.39. The molecule has 1 aromatic carbocycles. The van der Waals surface area contributed by atoms with Gasteiger partial charge in [0.2, 0.25) is 11.0 Å². The lowest BCUT2D eigenvalue weighted by Crippen LogP contribution is -2.46. The topological polar surface area (TPSA) is 70.6 Å². The van der Waals surface area contributed by atoms with Crippen LogP contribution in [0.15, 0.2) is 24.3 Å². The van der Waals surface area contributed by atoms with Crippen molar-refractivity contribution >= 4 is 22.6 Å². The van der Waals surface area contributed by atoms with E-state index in [1.807, 2.05) is 18.2 Å². The smallest absolute Gasteiger partial charge is 0.242 e. The molecular weight excluding hydrogens is 398 g/mol. The molecule has 162 valence electrons. The van der Waals surface area contributed by atoms with Crippen molar-refractivity contribution in [1.29, 1.82) is 0 Å². The molecule has 0 spiro atoms. The second-order valence-electron chi connectivity index (χ2n) is 8.07. The van der Waals surface area contributed by atoms with Crippen molar-refractivity contribution in [2.24, 2.45) is 0 Å². The third-order valence-corrected chi connectivity index (χ3v) is 6.72. The van der Waals surface area contributed by atoms with Crippen LogP contribution in [0.1, 0.15) is 43.5 Å². The number of carbonyl (C=O) groups is 1. The lowest BCUT2D eigenvalue weighted by molar-refractivity contribution is -0.122. The first-order valence-corrected chi connectivity index (χ1v) is 11.7.